The summed E-state index contributed by atoms with van der Waals surface area (Å²) in [4.78, 5) is 22.5. The van der Waals surface area contributed by atoms with Gasteiger partial charge in [-0.05, 0) is 25.3 Å². The Morgan fingerprint density at radius 3 is 2.76 bits per heavy atom. The molecule has 6 heteroatoms. The van der Waals surface area contributed by atoms with Crippen LogP contribution in [-0.2, 0) is 9.59 Å². The fourth-order valence-corrected chi connectivity index (χ4v) is 2.02. The quantitative estimate of drug-likeness (QED) is 0.514. The molecule has 3 atom stereocenters. The molecule has 98 valence electrons. The zero-order chi connectivity index (χ0) is 12.8. The maximum Gasteiger partial charge on any atom is 0.328 e. The van der Waals surface area contributed by atoms with Crippen LogP contribution in [0.4, 0.5) is 0 Å². The van der Waals surface area contributed by atoms with Gasteiger partial charge in [0, 0.05) is 0 Å². The normalized spacial score (nSPS) is 26.2. The van der Waals surface area contributed by atoms with E-state index in [1.165, 1.54) is 0 Å². The second kappa shape index (κ2) is 6.56. The van der Waals surface area contributed by atoms with Crippen molar-refractivity contribution >= 4 is 11.9 Å². The van der Waals surface area contributed by atoms with Crippen molar-refractivity contribution in [1.82, 2.24) is 10.6 Å². The zero-order valence-electron chi connectivity index (χ0n) is 9.98. The zero-order valence-corrected chi connectivity index (χ0v) is 9.98. The number of carbonyl (C=O) groups is 2. The molecule has 17 heavy (non-hydrogen) atoms. The van der Waals surface area contributed by atoms with Crippen molar-refractivity contribution in [3.8, 4) is 0 Å². The van der Waals surface area contributed by atoms with Crippen LogP contribution in [-0.4, -0.2) is 47.3 Å². The average Bonchev–Trinajstić information content (AvgIpc) is 2.35. The molecule has 1 amide bonds. The fraction of sp³-hybridized carbons (Fsp3) is 0.818. The molecule has 1 rings (SSSR count). The van der Waals surface area contributed by atoms with Crippen LogP contribution >= 0.6 is 0 Å². The number of hydrogen-bond acceptors (Lipinski definition) is 4. The first kappa shape index (κ1) is 13.9. The van der Waals surface area contributed by atoms with E-state index >= 15 is 0 Å². The van der Waals surface area contributed by atoms with Crippen LogP contribution in [0.25, 0.3) is 0 Å². The Bertz CT molecular complexity index is 283. The van der Waals surface area contributed by atoms with Crippen LogP contribution in [0.1, 0.15) is 26.2 Å². The summed E-state index contributed by atoms with van der Waals surface area (Å²) in [5.74, 6) is -1.06. The number of hydrogen-bond donors (Lipinski definition) is 4. The number of rotatable bonds is 5. The number of carboxylic acid groups (broad SMARTS) is 1. The molecule has 0 bridgehead atoms. The molecule has 0 aromatic heterocycles. The predicted molar refractivity (Wildman–Crippen MR) is 61.5 cm³/mol. The molecular formula is C11H20N2O4. The molecule has 0 aliphatic carbocycles. The van der Waals surface area contributed by atoms with Gasteiger partial charge in [0.05, 0.1) is 12.6 Å². The number of aliphatic carboxylic acids is 1. The summed E-state index contributed by atoms with van der Waals surface area (Å²) in [5, 5.41) is 22.9. The van der Waals surface area contributed by atoms with Crippen LogP contribution < -0.4 is 10.6 Å². The lowest BCUT2D eigenvalue weighted by Gasteiger charge is -2.29. The number of piperidine rings is 1. The van der Waals surface area contributed by atoms with E-state index in [4.69, 9.17) is 10.2 Å². The second-order valence-electron chi connectivity index (χ2n) is 4.39. The first-order valence-corrected chi connectivity index (χ1v) is 5.95. The largest absolute Gasteiger partial charge is 0.480 e. The van der Waals surface area contributed by atoms with Gasteiger partial charge in [-0.2, -0.15) is 0 Å². The van der Waals surface area contributed by atoms with Gasteiger partial charge in [-0.25, -0.2) is 4.79 Å². The summed E-state index contributed by atoms with van der Waals surface area (Å²) in [5.41, 5.74) is 0. The topological polar surface area (TPSA) is 98.7 Å². The van der Waals surface area contributed by atoms with E-state index in [2.05, 4.69) is 17.6 Å². The number of aliphatic hydroxyl groups excluding tert-OH is 1. The standard InChI is InChI=1S/C11H20N2O4/c1-2-7-3-4-12-8(5-7)10(15)13-9(6-14)11(16)17/h7-9,12,14H,2-6H2,1H3,(H,13,15)(H,16,17)/t7?,8?,9-/m1/s1. The Hall–Kier alpha value is -1.14. The minimum Gasteiger partial charge on any atom is -0.480 e. The van der Waals surface area contributed by atoms with Gasteiger partial charge in [0.2, 0.25) is 5.91 Å². The van der Waals surface area contributed by atoms with E-state index in [9.17, 15) is 9.59 Å². The van der Waals surface area contributed by atoms with Crippen molar-refractivity contribution in [3.05, 3.63) is 0 Å². The van der Waals surface area contributed by atoms with Crippen LogP contribution in [0, 0.1) is 5.92 Å². The van der Waals surface area contributed by atoms with Gasteiger partial charge in [-0.15, -0.1) is 0 Å². The molecule has 1 aliphatic heterocycles. The van der Waals surface area contributed by atoms with Gasteiger partial charge in [0.1, 0.15) is 6.04 Å². The Kier molecular flexibility index (Phi) is 5.37. The Morgan fingerprint density at radius 2 is 2.24 bits per heavy atom. The highest BCUT2D eigenvalue weighted by atomic mass is 16.4. The van der Waals surface area contributed by atoms with Crippen molar-refractivity contribution in [2.75, 3.05) is 13.2 Å². The molecule has 4 N–H and O–H groups in total. The minimum atomic E-state index is -1.22. The highest BCUT2D eigenvalue weighted by Gasteiger charge is 2.28. The lowest BCUT2D eigenvalue weighted by molar-refractivity contribution is -0.143. The first-order chi connectivity index (χ1) is 8.08. The molecule has 1 aliphatic rings. The molecule has 2 unspecified atom stereocenters. The SMILES string of the molecule is CCC1CCNC(C(=O)N[C@H](CO)C(=O)O)C1. The summed E-state index contributed by atoms with van der Waals surface area (Å²) in [6, 6.07) is -1.56. The van der Waals surface area contributed by atoms with Crippen molar-refractivity contribution in [2.24, 2.45) is 5.92 Å². The van der Waals surface area contributed by atoms with Crippen molar-refractivity contribution < 1.29 is 19.8 Å². The van der Waals surface area contributed by atoms with Gasteiger partial charge < -0.3 is 20.8 Å². The molecule has 6 nitrogen and oxygen atoms in total. The molecule has 0 aromatic carbocycles. The number of nitrogens with one attached hydrogen (secondary N) is 2. The van der Waals surface area contributed by atoms with Gasteiger partial charge in [-0.1, -0.05) is 13.3 Å². The van der Waals surface area contributed by atoms with E-state index in [0.717, 1.165) is 25.8 Å². The van der Waals surface area contributed by atoms with E-state index in [0.29, 0.717) is 5.92 Å². The first-order valence-electron chi connectivity index (χ1n) is 5.95. The highest BCUT2D eigenvalue weighted by molar-refractivity contribution is 5.87. The summed E-state index contributed by atoms with van der Waals surface area (Å²) < 4.78 is 0. The summed E-state index contributed by atoms with van der Waals surface area (Å²) in [6.07, 6.45) is 2.79. The van der Waals surface area contributed by atoms with E-state index in [1.54, 1.807) is 0 Å². The fourth-order valence-electron chi connectivity index (χ4n) is 2.02. The van der Waals surface area contributed by atoms with Crippen LogP contribution in [0.15, 0.2) is 0 Å². The summed E-state index contributed by atoms with van der Waals surface area (Å²) in [7, 11) is 0. The van der Waals surface area contributed by atoms with Gasteiger partial charge in [0.25, 0.3) is 0 Å². The van der Waals surface area contributed by atoms with Crippen LogP contribution in [0.3, 0.4) is 0 Å². The number of aliphatic hydroxyl groups is 1. The molecule has 1 heterocycles. The molecule has 0 spiro atoms. The maximum atomic E-state index is 11.8. The maximum absolute atomic E-state index is 11.8. The molecule has 1 fully saturated rings. The minimum absolute atomic E-state index is 0.343. The summed E-state index contributed by atoms with van der Waals surface area (Å²) >= 11 is 0. The molecule has 0 radical (unpaired) electrons. The van der Waals surface area contributed by atoms with Gasteiger partial charge in [-0.3, -0.25) is 4.79 Å². The third-order valence-electron chi connectivity index (χ3n) is 3.20. The second-order valence-corrected chi connectivity index (χ2v) is 4.39. The summed E-state index contributed by atoms with van der Waals surface area (Å²) in [6.45, 7) is 2.26. The number of amides is 1. The Labute approximate surface area is 100 Å². The molecule has 1 saturated heterocycles. The predicted octanol–water partition coefficient (Wildman–Crippen LogP) is -0.674. The number of carboxylic acids is 1. The van der Waals surface area contributed by atoms with Crippen molar-refractivity contribution in [3.63, 3.8) is 0 Å². The van der Waals surface area contributed by atoms with Crippen LogP contribution in [0.2, 0.25) is 0 Å². The lowest BCUT2D eigenvalue weighted by Crippen LogP contribution is -2.53. The highest BCUT2D eigenvalue weighted by Crippen LogP contribution is 2.19. The molecule has 0 aromatic rings. The Morgan fingerprint density at radius 1 is 1.53 bits per heavy atom. The van der Waals surface area contributed by atoms with Crippen molar-refractivity contribution in [1.29, 1.82) is 0 Å². The monoisotopic (exact) mass is 244 g/mol. The smallest absolute Gasteiger partial charge is 0.328 e. The van der Waals surface area contributed by atoms with Crippen LogP contribution in [0.5, 0.6) is 0 Å². The van der Waals surface area contributed by atoms with Gasteiger partial charge in [0.15, 0.2) is 0 Å². The third kappa shape index (κ3) is 3.98. The van der Waals surface area contributed by atoms with E-state index in [-0.39, 0.29) is 11.9 Å². The Balaban J connectivity index is 2.48. The lowest BCUT2D eigenvalue weighted by atomic mass is 9.90. The molecule has 0 saturated carbocycles. The van der Waals surface area contributed by atoms with E-state index < -0.39 is 18.6 Å². The number of carbonyl (C=O) groups excluding carboxylic acids is 1. The average molecular weight is 244 g/mol. The van der Waals surface area contributed by atoms with Crippen molar-refractivity contribution in [2.45, 2.75) is 38.3 Å². The molecular weight excluding hydrogens is 224 g/mol. The van der Waals surface area contributed by atoms with E-state index in [1.807, 2.05) is 0 Å². The van der Waals surface area contributed by atoms with Gasteiger partial charge >= 0.3 is 5.97 Å². The third-order valence-corrected chi connectivity index (χ3v) is 3.20.